The Morgan fingerprint density at radius 3 is 2.36 bits per heavy atom. The van der Waals surface area contributed by atoms with Crippen LogP contribution in [-0.2, 0) is 10.0 Å². The van der Waals surface area contributed by atoms with Gasteiger partial charge in [0.2, 0.25) is 10.0 Å². The summed E-state index contributed by atoms with van der Waals surface area (Å²) in [6.45, 7) is 0. The lowest BCUT2D eigenvalue weighted by molar-refractivity contribution is 0.452. The average molecular weight is 236 g/mol. The van der Waals surface area contributed by atoms with Gasteiger partial charge in [0.05, 0.1) is 5.02 Å². The molecule has 1 aromatic rings. The van der Waals surface area contributed by atoms with Crippen LogP contribution in [0.15, 0.2) is 23.1 Å². The highest BCUT2D eigenvalue weighted by Gasteiger charge is 2.24. The van der Waals surface area contributed by atoms with Crippen LogP contribution in [0, 0.1) is 0 Å². The summed E-state index contributed by atoms with van der Waals surface area (Å²) in [5, 5.41) is 9.40. The molecule has 78 valence electrons. The molecule has 4 nitrogen and oxygen atoms in total. The van der Waals surface area contributed by atoms with Gasteiger partial charge in [-0.05, 0) is 12.1 Å². The minimum absolute atomic E-state index is 0.0127. The fraction of sp³-hybridized carbons (Fsp3) is 0.250. The molecule has 0 fully saturated rings. The molecule has 1 rings (SSSR count). The van der Waals surface area contributed by atoms with E-state index < -0.39 is 10.0 Å². The third-order valence-corrected chi connectivity index (χ3v) is 4.02. The van der Waals surface area contributed by atoms with Crippen molar-refractivity contribution in [3.05, 3.63) is 23.2 Å². The van der Waals surface area contributed by atoms with Crippen molar-refractivity contribution < 1.29 is 13.5 Å². The fourth-order valence-corrected chi connectivity index (χ4v) is 2.41. The lowest BCUT2D eigenvalue weighted by atomic mass is 10.3. The van der Waals surface area contributed by atoms with Crippen molar-refractivity contribution in [1.29, 1.82) is 0 Å². The van der Waals surface area contributed by atoms with E-state index in [1.54, 1.807) is 0 Å². The van der Waals surface area contributed by atoms with Crippen LogP contribution in [0.2, 0.25) is 5.02 Å². The summed E-state index contributed by atoms with van der Waals surface area (Å²) in [6, 6.07) is 4.17. The molecular weight excluding hydrogens is 226 g/mol. The molecular formula is C8H10ClNO3S. The van der Waals surface area contributed by atoms with E-state index in [0.717, 1.165) is 4.31 Å². The number of phenolic OH excluding ortho intramolecular Hbond substituents is 1. The second-order valence-electron chi connectivity index (χ2n) is 2.88. The van der Waals surface area contributed by atoms with Gasteiger partial charge in [-0.2, -0.15) is 0 Å². The predicted molar refractivity (Wildman–Crippen MR) is 54.0 cm³/mol. The van der Waals surface area contributed by atoms with Crippen molar-refractivity contribution >= 4 is 21.6 Å². The van der Waals surface area contributed by atoms with Crippen molar-refractivity contribution in [2.45, 2.75) is 4.90 Å². The first-order valence-corrected chi connectivity index (χ1v) is 5.59. The van der Waals surface area contributed by atoms with Crippen molar-refractivity contribution in [2.24, 2.45) is 0 Å². The van der Waals surface area contributed by atoms with E-state index in [1.165, 1.54) is 32.3 Å². The molecule has 1 aromatic carbocycles. The summed E-state index contributed by atoms with van der Waals surface area (Å²) in [6.07, 6.45) is 0. The van der Waals surface area contributed by atoms with E-state index >= 15 is 0 Å². The van der Waals surface area contributed by atoms with Gasteiger partial charge in [0, 0.05) is 14.1 Å². The molecule has 6 heteroatoms. The molecule has 0 spiro atoms. The quantitative estimate of drug-likeness (QED) is 0.841. The van der Waals surface area contributed by atoms with Gasteiger partial charge in [-0.3, -0.25) is 0 Å². The van der Waals surface area contributed by atoms with Crippen molar-refractivity contribution in [3.63, 3.8) is 0 Å². The third kappa shape index (κ3) is 1.84. The number of benzene rings is 1. The smallest absolute Gasteiger partial charge is 0.247 e. The zero-order chi connectivity index (χ0) is 10.9. The molecule has 0 amide bonds. The number of phenols is 1. The van der Waals surface area contributed by atoms with Gasteiger partial charge >= 0.3 is 0 Å². The number of hydrogen-bond donors (Lipinski definition) is 1. The van der Waals surface area contributed by atoms with Gasteiger partial charge in [-0.25, -0.2) is 12.7 Å². The van der Waals surface area contributed by atoms with Crippen LogP contribution >= 0.6 is 11.6 Å². The van der Waals surface area contributed by atoms with Gasteiger partial charge in [-0.15, -0.1) is 0 Å². The van der Waals surface area contributed by atoms with Crippen LogP contribution in [0.1, 0.15) is 0 Å². The zero-order valence-electron chi connectivity index (χ0n) is 7.73. The fourth-order valence-electron chi connectivity index (χ4n) is 0.935. The molecule has 0 aliphatic heterocycles. The number of halogens is 1. The van der Waals surface area contributed by atoms with E-state index in [4.69, 9.17) is 11.6 Å². The second-order valence-corrected chi connectivity index (χ2v) is 5.37. The normalized spacial score (nSPS) is 12.0. The Bertz CT molecular complexity index is 422. The molecule has 0 heterocycles. The van der Waals surface area contributed by atoms with E-state index in [-0.39, 0.29) is 15.7 Å². The lowest BCUT2D eigenvalue weighted by Gasteiger charge is -2.13. The lowest BCUT2D eigenvalue weighted by Crippen LogP contribution is -2.22. The maximum Gasteiger partial charge on any atom is 0.247 e. The largest absolute Gasteiger partial charge is 0.506 e. The Labute approximate surface area is 87.8 Å². The van der Waals surface area contributed by atoms with Crippen LogP contribution in [-0.4, -0.2) is 31.9 Å². The molecule has 1 N–H and O–H groups in total. The van der Waals surface area contributed by atoms with Crippen LogP contribution in [0.3, 0.4) is 0 Å². The van der Waals surface area contributed by atoms with Gasteiger partial charge in [0.25, 0.3) is 0 Å². The first-order chi connectivity index (χ1) is 6.37. The first kappa shape index (κ1) is 11.3. The minimum atomic E-state index is -3.69. The van der Waals surface area contributed by atoms with E-state index in [9.17, 15) is 13.5 Å². The molecule has 0 unspecified atom stereocenters. The standard InChI is InChI=1S/C8H10ClNO3S/c1-10(2)14(12,13)8-6(9)4-3-5-7(8)11/h3-5,11H,1-2H3. The predicted octanol–water partition coefficient (Wildman–Crippen LogP) is 1.30. The van der Waals surface area contributed by atoms with Crippen LogP contribution in [0.4, 0.5) is 0 Å². The Kier molecular flexibility index (Phi) is 3.04. The summed E-state index contributed by atoms with van der Waals surface area (Å²) in [5.41, 5.74) is 0. The van der Waals surface area contributed by atoms with Crippen molar-refractivity contribution in [2.75, 3.05) is 14.1 Å². The van der Waals surface area contributed by atoms with E-state index in [1.807, 2.05) is 0 Å². The number of hydrogen-bond acceptors (Lipinski definition) is 3. The summed E-state index contributed by atoms with van der Waals surface area (Å²) in [7, 11) is -0.941. The second kappa shape index (κ2) is 3.76. The first-order valence-electron chi connectivity index (χ1n) is 3.77. The number of nitrogens with zero attached hydrogens (tertiary/aromatic N) is 1. The van der Waals surface area contributed by atoms with Gasteiger partial charge < -0.3 is 5.11 Å². The highest BCUT2D eigenvalue weighted by atomic mass is 35.5. The summed E-state index contributed by atoms with van der Waals surface area (Å²) >= 11 is 5.69. The summed E-state index contributed by atoms with van der Waals surface area (Å²) in [4.78, 5) is -0.258. The van der Waals surface area contributed by atoms with E-state index in [2.05, 4.69) is 0 Å². The van der Waals surface area contributed by atoms with Gasteiger partial charge in [-0.1, -0.05) is 17.7 Å². The monoisotopic (exact) mass is 235 g/mol. The molecule has 14 heavy (non-hydrogen) atoms. The topological polar surface area (TPSA) is 57.6 Å². The Hall–Kier alpha value is -0.780. The Morgan fingerprint density at radius 2 is 1.93 bits per heavy atom. The Morgan fingerprint density at radius 1 is 1.36 bits per heavy atom. The molecule has 0 saturated carbocycles. The maximum atomic E-state index is 11.7. The number of sulfonamides is 1. The van der Waals surface area contributed by atoms with Crippen LogP contribution < -0.4 is 0 Å². The maximum absolute atomic E-state index is 11.7. The number of aromatic hydroxyl groups is 1. The molecule has 0 aromatic heterocycles. The SMILES string of the molecule is CN(C)S(=O)(=O)c1c(O)cccc1Cl. The summed E-state index contributed by atoms with van der Waals surface area (Å²) < 4.78 is 24.3. The molecule has 0 aliphatic rings. The highest BCUT2D eigenvalue weighted by molar-refractivity contribution is 7.89. The minimum Gasteiger partial charge on any atom is -0.506 e. The van der Waals surface area contributed by atoms with Crippen LogP contribution in [0.5, 0.6) is 5.75 Å². The van der Waals surface area contributed by atoms with Crippen LogP contribution in [0.25, 0.3) is 0 Å². The zero-order valence-corrected chi connectivity index (χ0v) is 9.30. The van der Waals surface area contributed by atoms with Gasteiger partial charge in [0.15, 0.2) is 0 Å². The summed E-state index contributed by atoms with van der Waals surface area (Å²) in [5.74, 6) is -0.341. The molecule has 0 aliphatic carbocycles. The third-order valence-electron chi connectivity index (χ3n) is 1.68. The van der Waals surface area contributed by atoms with Crippen molar-refractivity contribution in [1.82, 2.24) is 4.31 Å². The highest BCUT2D eigenvalue weighted by Crippen LogP contribution is 2.31. The Balaban J connectivity index is 3.48. The van der Waals surface area contributed by atoms with Gasteiger partial charge in [0.1, 0.15) is 10.6 Å². The van der Waals surface area contributed by atoms with Crippen molar-refractivity contribution in [3.8, 4) is 5.75 Å². The van der Waals surface area contributed by atoms with E-state index in [0.29, 0.717) is 0 Å². The average Bonchev–Trinajstić information content (AvgIpc) is 2.02. The molecule has 0 bridgehead atoms. The number of rotatable bonds is 2. The molecule has 0 atom stereocenters. The molecule has 0 radical (unpaired) electrons. The molecule has 0 saturated heterocycles.